The van der Waals surface area contributed by atoms with E-state index in [1.54, 1.807) is 11.0 Å². The van der Waals surface area contributed by atoms with Gasteiger partial charge in [0.25, 0.3) is 5.91 Å². The molecule has 0 aliphatic carbocycles. The van der Waals surface area contributed by atoms with Gasteiger partial charge in [-0.05, 0) is 24.6 Å². The molecule has 0 bridgehead atoms. The molecule has 1 aliphatic rings. The largest absolute Gasteiger partial charge is 0.455 e. The summed E-state index contributed by atoms with van der Waals surface area (Å²) in [5, 5.41) is 2.34. The molecule has 2 aromatic rings. The van der Waals surface area contributed by atoms with Crippen molar-refractivity contribution < 1.29 is 23.5 Å². The van der Waals surface area contributed by atoms with Crippen molar-refractivity contribution in [3.8, 4) is 0 Å². The Balaban J connectivity index is 1.48. The van der Waals surface area contributed by atoms with Crippen LogP contribution in [-0.4, -0.2) is 35.8 Å². The highest BCUT2D eigenvalue weighted by atomic mass is 19.1. The van der Waals surface area contributed by atoms with Crippen molar-refractivity contribution >= 4 is 23.5 Å². The van der Waals surface area contributed by atoms with Crippen molar-refractivity contribution in [1.82, 2.24) is 4.90 Å². The van der Waals surface area contributed by atoms with E-state index in [0.29, 0.717) is 6.54 Å². The number of carbonyl (C=O) groups is 3. The van der Waals surface area contributed by atoms with Crippen LogP contribution in [-0.2, 0) is 25.7 Å². The number of halogens is 1. The number of nitrogens with zero attached hydrogens (tertiary/aromatic N) is 1. The van der Waals surface area contributed by atoms with Gasteiger partial charge in [-0.15, -0.1) is 0 Å². The van der Waals surface area contributed by atoms with Gasteiger partial charge >= 0.3 is 5.97 Å². The number of carbonyl (C=O) groups excluding carboxylic acids is 3. The first-order valence-corrected chi connectivity index (χ1v) is 8.96. The standard InChI is InChI=1S/C21H21FN2O4/c1-14-6-8-15(9-7-14)11-24-12-16(10-20(24)26)21(27)28-13-19(25)23-18-5-3-2-4-17(18)22/h2-9,16H,10-13H2,1H3,(H,23,25)/t16-/m0/s1. The van der Waals surface area contributed by atoms with Gasteiger partial charge in [0.05, 0.1) is 11.6 Å². The highest BCUT2D eigenvalue weighted by Gasteiger charge is 2.35. The van der Waals surface area contributed by atoms with Crippen molar-refractivity contribution in [1.29, 1.82) is 0 Å². The summed E-state index contributed by atoms with van der Waals surface area (Å²) in [4.78, 5) is 37.8. The summed E-state index contributed by atoms with van der Waals surface area (Å²) in [5.41, 5.74) is 2.13. The monoisotopic (exact) mass is 384 g/mol. The minimum atomic E-state index is -0.640. The van der Waals surface area contributed by atoms with Crippen LogP contribution in [0.3, 0.4) is 0 Å². The second-order valence-corrected chi connectivity index (χ2v) is 6.80. The van der Waals surface area contributed by atoms with Gasteiger partial charge in [0, 0.05) is 19.5 Å². The normalized spacial score (nSPS) is 16.1. The molecule has 28 heavy (non-hydrogen) atoms. The third kappa shape index (κ3) is 4.94. The molecule has 2 aromatic carbocycles. The topological polar surface area (TPSA) is 75.7 Å². The average molecular weight is 384 g/mol. The second kappa shape index (κ2) is 8.65. The lowest BCUT2D eigenvalue weighted by Gasteiger charge is -2.16. The summed E-state index contributed by atoms with van der Waals surface area (Å²) < 4.78 is 18.5. The second-order valence-electron chi connectivity index (χ2n) is 6.80. The number of benzene rings is 2. The first-order valence-electron chi connectivity index (χ1n) is 8.96. The van der Waals surface area contributed by atoms with Crippen LogP contribution in [0.25, 0.3) is 0 Å². The third-order valence-corrected chi connectivity index (χ3v) is 4.54. The highest BCUT2D eigenvalue weighted by molar-refractivity contribution is 5.93. The number of likely N-dealkylation sites (tertiary alicyclic amines) is 1. The number of amides is 2. The lowest BCUT2D eigenvalue weighted by Crippen LogP contribution is -2.28. The van der Waals surface area contributed by atoms with Gasteiger partial charge in [-0.25, -0.2) is 4.39 Å². The number of hydrogen-bond acceptors (Lipinski definition) is 4. The summed E-state index contributed by atoms with van der Waals surface area (Å²) >= 11 is 0. The summed E-state index contributed by atoms with van der Waals surface area (Å²) in [6.45, 7) is 2.13. The molecule has 1 atom stereocenters. The maximum Gasteiger partial charge on any atom is 0.311 e. The molecule has 1 saturated heterocycles. The summed E-state index contributed by atoms with van der Waals surface area (Å²) in [5.74, 6) is -2.56. The first kappa shape index (κ1) is 19.5. The Kier molecular flexibility index (Phi) is 6.03. The van der Waals surface area contributed by atoms with E-state index in [-0.39, 0.29) is 24.6 Å². The van der Waals surface area contributed by atoms with Crippen molar-refractivity contribution in [3.05, 3.63) is 65.5 Å². The molecule has 1 N–H and O–H groups in total. The van der Waals surface area contributed by atoms with E-state index in [1.165, 1.54) is 18.2 Å². The van der Waals surface area contributed by atoms with E-state index in [0.717, 1.165) is 11.1 Å². The van der Waals surface area contributed by atoms with Crippen molar-refractivity contribution in [2.75, 3.05) is 18.5 Å². The maximum atomic E-state index is 13.5. The van der Waals surface area contributed by atoms with Crippen LogP contribution in [0.2, 0.25) is 0 Å². The highest BCUT2D eigenvalue weighted by Crippen LogP contribution is 2.21. The van der Waals surface area contributed by atoms with Crippen LogP contribution >= 0.6 is 0 Å². The van der Waals surface area contributed by atoms with Gasteiger partial charge in [-0.1, -0.05) is 42.0 Å². The fourth-order valence-electron chi connectivity index (χ4n) is 3.00. The fraction of sp³-hybridized carbons (Fsp3) is 0.286. The molecule has 6 nitrogen and oxygen atoms in total. The van der Waals surface area contributed by atoms with E-state index in [4.69, 9.17) is 4.74 Å². The predicted octanol–water partition coefficient (Wildman–Crippen LogP) is 2.66. The van der Waals surface area contributed by atoms with Gasteiger partial charge in [-0.2, -0.15) is 0 Å². The Morgan fingerprint density at radius 1 is 1.18 bits per heavy atom. The quantitative estimate of drug-likeness (QED) is 0.777. The Morgan fingerprint density at radius 2 is 1.89 bits per heavy atom. The van der Waals surface area contributed by atoms with Crippen LogP contribution in [0.1, 0.15) is 17.5 Å². The van der Waals surface area contributed by atoms with E-state index in [2.05, 4.69) is 5.32 Å². The Morgan fingerprint density at radius 3 is 2.61 bits per heavy atom. The SMILES string of the molecule is Cc1ccc(CN2C[C@@H](C(=O)OCC(=O)Nc3ccccc3F)CC2=O)cc1. The zero-order valence-corrected chi connectivity index (χ0v) is 15.5. The number of anilines is 1. The van der Waals surface area contributed by atoms with Crippen LogP contribution in [0.15, 0.2) is 48.5 Å². The Bertz CT molecular complexity index is 882. The van der Waals surface area contributed by atoms with E-state index in [1.807, 2.05) is 31.2 Å². The number of hydrogen-bond donors (Lipinski definition) is 1. The molecule has 146 valence electrons. The van der Waals surface area contributed by atoms with Crippen molar-refractivity contribution in [2.24, 2.45) is 5.92 Å². The Hall–Kier alpha value is -3.22. The molecule has 0 spiro atoms. The molecule has 1 heterocycles. The summed E-state index contributed by atoms with van der Waals surface area (Å²) in [7, 11) is 0. The Labute approximate surface area is 162 Å². The van der Waals surface area contributed by atoms with Crippen molar-refractivity contribution in [2.45, 2.75) is 19.9 Å². The molecular formula is C21H21FN2O4. The molecule has 0 radical (unpaired) electrons. The molecular weight excluding hydrogens is 363 g/mol. The number of ether oxygens (including phenoxy) is 1. The lowest BCUT2D eigenvalue weighted by molar-refractivity contribution is -0.151. The van der Waals surface area contributed by atoms with Crippen LogP contribution in [0, 0.1) is 18.7 Å². The fourth-order valence-corrected chi connectivity index (χ4v) is 3.00. The predicted molar refractivity (Wildman–Crippen MR) is 101 cm³/mol. The van der Waals surface area contributed by atoms with E-state index in [9.17, 15) is 18.8 Å². The zero-order chi connectivity index (χ0) is 20.1. The maximum absolute atomic E-state index is 13.5. The molecule has 1 aliphatic heterocycles. The van der Waals surface area contributed by atoms with E-state index < -0.39 is 30.2 Å². The minimum absolute atomic E-state index is 0.0175. The third-order valence-electron chi connectivity index (χ3n) is 4.54. The van der Waals surface area contributed by atoms with Gasteiger partial charge in [0.1, 0.15) is 5.82 Å². The molecule has 0 aromatic heterocycles. The number of rotatable bonds is 6. The van der Waals surface area contributed by atoms with Crippen LogP contribution in [0.4, 0.5) is 10.1 Å². The minimum Gasteiger partial charge on any atom is -0.455 e. The van der Waals surface area contributed by atoms with Gasteiger partial charge in [0.2, 0.25) is 5.91 Å². The number of esters is 1. The van der Waals surface area contributed by atoms with Gasteiger partial charge in [-0.3, -0.25) is 14.4 Å². The van der Waals surface area contributed by atoms with Gasteiger partial charge in [0.15, 0.2) is 6.61 Å². The molecule has 0 saturated carbocycles. The van der Waals surface area contributed by atoms with E-state index >= 15 is 0 Å². The first-order chi connectivity index (χ1) is 13.4. The molecule has 7 heteroatoms. The smallest absolute Gasteiger partial charge is 0.311 e. The summed E-state index contributed by atoms with van der Waals surface area (Å²) in [6.07, 6.45) is 0.0552. The van der Waals surface area contributed by atoms with Gasteiger partial charge < -0.3 is 15.0 Å². The number of aryl methyl sites for hydroxylation is 1. The molecule has 2 amide bonds. The van der Waals surface area contributed by atoms with Crippen molar-refractivity contribution in [3.63, 3.8) is 0 Å². The number of nitrogens with one attached hydrogen (secondary N) is 1. The molecule has 3 rings (SSSR count). The lowest BCUT2D eigenvalue weighted by atomic mass is 10.1. The number of para-hydroxylation sites is 1. The van der Waals surface area contributed by atoms with Crippen LogP contribution in [0.5, 0.6) is 0 Å². The molecule has 1 fully saturated rings. The molecule has 0 unspecified atom stereocenters. The van der Waals surface area contributed by atoms with Crippen LogP contribution < -0.4 is 5.32 Å². The zero-order valence-electron chi connectivity index (χ0n) is 15.5. The summed E-state index contributed by atoms with van der Waals surface area (Å²) in [6, 6.07) is 13.5. The average Bonchev–Trinajstić information content (AvgIpc) is 3.04.